The third-order valence-electron chi connectivity index (χ3n) is 5.54. The highest BCUT2D eigenvalue weighted by Crippen LogP contribution is 2.14. The molecule has 158 valence electrons. The van der Waals surface area contributed by atoms with Crippen LogP contribution in [0.5, 0.6) is 0 Å². The number of hydrogen-bond acceptors (Lipinski definition) is 0. The monoisotopic (exact) mass is 382 g/mol. The van der Waals surface area contributed by atoms with Crippen LogP contribution in [0.2, 0.25) is 0 Å². The SMILES string of the molecule is C1=CCCCCCCCCCCCCCCCCCC/C=C/C=C\C=C/C=C\1. The summed E-state index contributed by atoms with van der Waals surface area (Å²) in [5.74, 6) is 0. The van der Waals surface area contributed by atoms with Gasteiger partial charge >= 0.3 is 0 Å². The van der Waals surface area contributed by atoms with Crippen LogP contribution < -0.4 is 0 Å². The van der Waals surface area contributed by atoms with Gasteiger partial charge in [-0.3, -0.25) is 0 Å². The standard InChI is InChI=1S/C28H46/c1-2-4-6-8-10-12-14-16-18-20-22-24-26-28-27-25-23-21-19-17-15-13-11-9-7-5-3-1/h1-10H,11-28H2/b2-1-,5-3-,6-4-,9-7+,10-8?. The van der Waals surface area contributed by atoms with E-state index in [1.165, 1.54) is 116 Å². The van der Waals surface area contributed by atoms with Gasteiger partial charge in [0.05, 0.1) is 0 Å². The van der Waals surface area contributed by atoms with Crippen molar-refractivity contribution in [3.05, 3.63) is 60.8 Å². The Kier molecular flexibility index (Phi) is 19.4. The molecule has 0 saturated heterocycles. The second-order valence-corrected chi connectivity index (χ2v) is 8.25. The van der Waals surface area contributed by atoms with Gasteiger partial charge in [0.1, 0.15) is 0 Å². The summed E-state index contributed by atoms with van der Waals surface area (Å²) >= 11 is 0. The molecule has 0 fully saturated rings. The maximum atomic E-state index is 2.30. The van der Waals surface area contributed by atoms with Crippen molar-refractivity contribution in [3.8, 4) is 0 Å². The van der Waals surface area contributed by atoms with Crippen molar-refractivity contribution in [3.63, 3.8) is 0 Å². The topological polar surface area (TPSA) is 0 Å². The van der Waals surface area contributed by atoms with Crippen LogP contribution >= 0.6 is 0 Å². The highest BCUT2D eigenvalue weighted by Gasteiger charge is 1.94. The van der Waals surface area contributed by atoms with E-state index in [0.717, 1.165) is 0 Å². The summed E-state index contributed by atoms with van der Waals surface area (Å²) < 4.78 is 0. The van der Waals surface area contributed by atoms with Crippen LogP contribution in [0.1, 0.15) is 116 Å². The van der Waals surface area contributed by atoms with Crippen LogP contribution in [0.3, 0.4) is 0 Å². The van der Waals surface area contributed by atoms with Gasteiger partial charge in [-0.1, -0.05) is 151 Å². The van der Waals surface area contributed by atoms with Crippen LogP contribution in [-0.2, 0) is 0 Å². The molecule has 0 aromatic rings. The Morgan fingerprint density at radius 1 is 0.214 bits per heavy atom. The van der Waals surface area contributed by atoms with Gasteiger partial charge in [-0.05, 0) is 25.7 Å². The zero-order chi connectivity index (χ0) is 19.8. The van der Waals surface area contributed by atoms with Crippen LogP contribution in [0, 0.1) is 0 Å². The van der Waals surface area contributed by atoms with Gasteiger partial charge in [0.25, 0.3) is 0 Å². The highest BCUT2D eigenvalue weighted by atomic mass is 14.0. The average molecular weight is 383 g/mol. The Morgan fingerprint density at radius 2 is 0.429 bits per heavy atom. The molecule has 0 saturated carbocycles. The van der Waals surface area contributed by atoms with Gasteiger partial charge in [-0.15, -0.1) is 0 Å². The molecule has 0 spiro atoms. The molecular formula is C28H46. The second-order valence-electron chi connectivity index (χ2n) is 8.25. The minimum atomic E-state index is 1.22. The lowest BCUT2D eigenvalue weighted by molar-refractivity contribution is 0.528. The number of hydrogen-bond donors (Lipinski definition) is 0. The molecule has 0 amide bonds. The molecule has 0 unspecified atom stereocenters. The summed E-state index contributed by atoms with van der Waals surface area (Å²) in [6, 6.07) is 0. The van der Waals surface area contributed by atoms with E-state index in [1.54, 1.807) is 0 Å². The van der Waals surface area contributed by atoms with Crippen LogP contribution in [0.15, 0.2) is 60.8 Å². The highest BCUT2D eigenvalue weighted by molar-refractivity contribution is 5.17. The summed E-state index contributed by atoms with van der Waals surface area (Å²) in [6.45, 7) is 0. The van der Waals surface area contributed by atoms with Crippen LogP contribution in [0.4, 0.5) is 0 Å². The van der Waals surface area contributed by atoms with Gasteiger partial charge in [-0.25, -0.2) is 0 Å². The minimum absolute atomic E-state index is 1.22. The molecule has 0 bridgehead atoms. The molecule has 0 aromatic heterocycles. The van der Waals surface area contributed by atoms with Crippen LogP contribution in [0.25, 0.3) is 0 Å². The van der Waals surface area contributed by atoms with Gasteiger partial charge < -0.3 is 0 Å². The third-order valence-corrected chi connectivity index (χ3v) is 5.54. The zero-order valence-electron chi connectivity index (χ0n) is 18.5. The molecule has 0 heteroatoms. The Hall–Kier alpha value is -1.30. The van der Waals surface area contributed by atoms with Crippen molar-refractivity contribution in [2.75, 3.05) is 0 Å². The predicted octanol–water partition coefficient (Wildman–Crippen LogP) is 9.80. The zero-order valence-corrected chi connectivity index (χ0v) is 18.5. The molecule has 0 heterocycles. The van der Waals surface area contributed by atoms with E-state index < -0.39 is 0 Å². The van der Waals surface area contributed by atoms with Gasteiger partial charge in [-0.2, -0.15) is 0 Å². The lowest BCUT2D eigenvalue weighted by Gasteiger charge is -2.03. The van der Waals surface area contributed by atoms with E-state index in [0.29, 0.717) is 0 Å². The first-order valence-electron chi connectivity index (χ1n) is 12.3. The Morgan fingerprint density at radius 3 is 0.714 bits per heavy atom. The lowest BCUT2D eigenvalue weighted by atomic mass is 10.0. The molecule has 0 aromatic carbocycles. The Labute approximate surface area is 176 Å². The number of rotatable bonds is 0. The molecule has 0 atom stereocenters. The summed E-state index contributed by atoms with van der Waals surface area (Å²) in [5, 5.41) is 0. The first kappa shape index (κ1) is 24.7. The summed E-state index contributed by atoms with van der Waals surface area (Å²) in [7, 11) is 0. The molecule has 0 aliphatic heterocycles. The Balaban J connectivity index is 2.21. The first-order chi connectivity index (χ1) is 14.0. The quantitative estimate of drug-likeness (QED) is 0.391. The molecular weight excluding hydrogens is 336 g/mol. The maximum absolute atomic E-state index is 2.30. The second kappa shape index (κ2) is 22.0. The van der Waals surface area contributed by atoms with Crippen molar-refractivity contribution in [1.29, 1.82) is 0 Å². The molecule has 0 nitrogen and oxygen atoms in total. The number of allylic oxidation sites excluding steroid dienone is 10. The van der Waals surface area contributed by atoms with E-state index in [9.17, 15) is 0 Å². The fourth-order valence-electron chi connectivity index (χ4n) is 3.73. The van der Waals surface area contributed by atoms with Crippen molar-refractivity contribution in [2.24, 2.45) is 0 Å². The first-order valence-corrected chi connectivity index (χ1v) is 12.3. The van der Waals surface area contributed by atoms with E-state index in [2.05, 4.69) is 60.8 Å². The van der Waals surface area contributed by atoms with Gasteiger partial charge in [0.15, 0.2) is 0 Å². The minimum Gasteiger partial charge on any atom is -0.0845 e. The molecule has 28 heavy (non-hydrogen) atoms. The van der Waals surface area contributed by atoms with Crippen molar-refractivity contribution in [1.82, 2.24) is 0 Å². The largest absolute Gasteiger partial charge is 0.0845 e. The molecule has 0 radical (unpaired) electrons. The molecule has 1 rings (SSSR count). The van der Waals surface area contributed by atoms with Gasteiger partial charge in [0, 0.05) is 0 Å². The van der Waals surface area contributed by atoms with E-state index in [4.69, 9.17) is 0 Å². The van der Waals surface area contributed by atoms with E-state index >= 15 is 0 Å². The average Bonchev–Trinajstić information content (AvgIpc) is 2.71. The lowest BCUT2D eigenvalue weighted by Crippen LogP contribution is -1.83. The normalized spacial score (nSPS) is 25.7. The third kappa shape index (κ3) is 19.5. The fraction of sp³-hybridized carbons (Fsp3) is 0.643. The van der Waals surface area contributed by atoms with E-state index in [1.807, 2.05) is 0 Å². The van der Waals surface area contributed by atoms with Crippen LogP contribution in [-0.4, -0.2) is 0 Å². The molecule has 0 N–H and O–H groups in total. The smallest absolute Gasteiger partial charge is 0.0348 e. The predicted molar refractivity (Wildman–Crippen MR) is 129 cm³/mol. The summed E-state index contributed by atoms with van der Waals surface area (Å²) in [4.78, 5) is 0. The summed E-state index contributed by atoms with van der Waals surface area (Å²) in [6.07, 6.45) is 47.0. The molecule has 1 aliphatic rings. The summed E-state index contributed by atoms with van der Waals surface area (Å²) in [5.41, 5.74) is 0. The fourth-order valence-corrected chi connectivity index (χ4v) is 3.73. The van der Waals surface area contributed by atoms with Crippen molar-refractivity contribution in [2.45, 2.75) is 116 Å². The maximum Gasteiger partial charge on any atom is -0.0348 e. The Bertz CT molecular complexity index is 405. The molecule has 1 aliphatic carbocycles. The van der Waals surface area contributed by atoms with Crippen molar-refractivity contribution >= 4 is 0 Å². The van der Waals surface area contributed by atoms with E-state index in [-0.39, 0.29) is 0 Å². The van der Waals surface area contributed by atoms with Gasteiger partial charge in [0.2, 0.25) is 0 Å². The van der Waals surface area contributed by atoms with Crippen molar-refractivity contribution < 1.29 is 0 Å².